The molecule has 0 atom stereocenters. The summed E-state index contributed by atoms with van der Waals surface area (Å²) in [4.78, 5) is 4.58. The van der Waals surface area contributed by atoms with Gasteiger partial charge in [-0.1, -0.05) is 60.7 Å². The van der Waals surface area contributed by atoms with Gasteiger partial charge in [0.05, 0.1) is 5.41 Å². The Bertz CT molecular complexity index is 1090. The van der Waals surface area contributed by atoms with Crippen molar-refractivity contribution in [1.29, 1.82) is 0 Å². The lowest BCUT2D eigenvalue weighted by molar-refractivity contribution is 0.726. The molecule has 0 saturated heterocycles. The predicted molar refractivity (Wildman–Crippen MR) is 148 cm³/mol. The molecule has 0 aliphatic rings. The van der Waals surface area contributed by atoms with E-state index in [4.69, 9.17) is 50.5 Å². The third-order valence-electron chi connectivity index (χ3n) is 5.42. The largest absolute Gasteiger partial charge is 0.142 e. The van der Waals surface area contributed by atoms with Crippen LogP contribution in [0.2, 0.25) is 0 Å². The Labute approximate surface area is 216 Å². The van der Waals surface area contributed by atoms with Gasteiger partial charge in [0.25, 0.3) is 0 Å². The average molecular weight is 513 g/mol. The highest BCUT2D eigenvalue weighted by atomic mass is 32.1. The van der Waals surface area contributed by atoms with Gasteiger partial charge in [-0.15, -0.1) is 75.8 Å². The highest BCUT2D eigenvalue weighted by Gasteiger charge is 2.39. The lowest BCUT2D eigenvalue weighted by Crippen LogP contribution is -2.31. The van der Waals surface area contributed by atoms with E-state index < -0.39 is 5.41 Å². The minimum absolute atomic E-state index is 0.643. The molecule has 0 unspecified atom stereocenters. The molecular formula is C25H20S6. The zero-order valence-corrected chi connectivity index (χ0v) is 21.6. The molecule has 0 spiro atoms. The van der Waals surface area contributed by atoms with Crippen molar-refractivity contribution >= 4 is 75.8 Å². The third kappa shape index (κ3) is 4.19. The van der Waals surface area contributed by atoms with Gasteiger partial charge in [-0.3, -0.25) is 0 Å². The van der Waals surface area contributed by atoms with Crippen LogP contribution in [0.4, 0.5) is 0 Å². The first-order chi connectivity index (χ1) is 14.9. The first kappa shape index (κ1) is 23.1. The third-order valence-corrected chi connectivity index (χ3v) is 8.50. The van der Waals surface area contributed by atoms with Gasteiger partial charge in [-0.25, -0.2) is 0 Å². The molecule has 4 aromatic rings. The first-order valence-electron chi connectivity index (χ1n) is 9.47. The topological polar surface area (TPSA) is 0 Å². The van der Waals surface area contributed by atoms with E-state index in [9.17, 15) is 0 Å². The second-order valence-electron chi connectivity index (χ2n) is 7.21. The normalized spacial score (nSPS) is 11.5. The maximum atomic E-state index is 4.70. The summed E-state index contributed by atoms with van der Waals surface area (Å²) < 4.78 is 0. The van der Waals surface area contributed by atoms with Crippen LogP contribution in [0.5, 0.6) is 0 Å². The summed E-state index contributed by atoms with van der Waals surface area (Å²) in [5.41, 5.74) is 3.65. The van der Waals surface area contributed by atoms with Gasteiger partial charge in [-0.2, -0.15) is 0 Å². The number of benzene rings is 4. The molecule has 0 saturated carbocycles. The van der Waals surface area contributed by atoms with Crippen LogP contribution < -0.4 is 0 Å². The van der Waals surface area contributed by atoms with Crippen molar-refractivity contribution in [3.63, 3.8) is 0 Å². The van der Waals surface area contributed by atoms with Crippen LogP contribution in [-0.4, -0.2) is 0 Å². The number of hydrogen-bond acceptors (Lipinski definition) is 6. The fourth-order valence-electron chi connectivity index (χ4n) is 4.02. The van der Waals surface area contributed by atoms with E-state index in [0.29, 0.717) is 0 Å². The fraction of sp³-hybridized carbons (Fsp3) is 0.0400. The zero-order chi connectivity index (χ0) is 22.2. The van der Waals surface area contributed by atoms with E-state index in [1.54, 1.807) is 0 Å². The predicted octanol–water partition coefficient (Wildman–Crippen LogP) is 7.80. The molecule has 0 aromatic heterocycles. The van der Waals surface area contributed by atoms with Crippen molar-refractivity contribution in [3.8, 4) is 0 Å². The molecule has 4 aromatic carbocycles. The van der Waals surface area contributed by atoms with Crippen molar-refractivity contribution < 1.29 is 0 Å². The molecule has 156 valence electrons. The smallest absolute Gasteiger partial charge is 0.0703 e. The summed E-state index contributed by atoms with van der Waals surface area (Å²) in [5.74, 6) is 0. The summed E-state index contributed by atoms with van der Waals surface area (Å²) in [6.45, 7) is 0. The van der Waals surface area contributed by atoms with Crippen molar-refractivity contribution in [2.75, 3.05) is 0 Å². The standard InChI is InChI=1S/C25H20S6/c26-19-11-17(12-20(27)23(19)30)25(15-7-3-1-4-8-15,16-9-5-2-6-10-16)18-13-21(28)24(31)22(29)14-18/h1-14,26-31H. The van der Waals surface area contributed by atoms with E-state index in [2.05, 4.69) is 98.1 Å². The van der Waals surface area contributed by atoms with Gasteiger partial charge in [0, 0.05) is 29.4 Å². The lowest BCUT2D eigenvalue weighted by atomic mass is 9.65. The molecule has 4 rings (SSSR count). The Morgan fingerprint density at radius 2 is 0.677 bits per heavy atom. The van der Waals surface area contributed by atoms with E-state index in [0.717, 1.165) is 51.6 Å². The number of rotatable bonds is 4. The van der Waals surface area contributed by atoms with Crippen molar-refractivity contribution in [2.24, 2.45) is 0 Å². The highest BCUT2D eigenvalue weighted by molar-refractivity contribution is 7.85. The van der Waals surface area contributed by atoms with Crippen molar-refractivity contribution in [2.45, 2.75) is 34.8 Å². The number of hydrogen-bond donors (Lipinski definition) is 6. The van der Waals surface area contributed by atoms with Crippen LogP contribution >= 0.6 is 75.8 Å². The van der Waals surface area contributed by atoms with Gasteiger partial charge >= 0.3 is 0 Å². The lowest BCUT2D eigenvalue weighted by Gasteiger charge is -2.37. The monoisotopic (exact) mass is 512 g/mol. The van der Waals surface area contributed by atoms with Crippen LogP contribution in [0.1, 0.15) is 22.3 Å². The van der Waals surface area contributed by atoms with E-state index >= 15 is 0 Å². The molecule has 0 aliphatic heterocycles. The minimum atomic E-state index is -0.643. The van der Waals surface area contributed by atoms with E-state index in [-0.39, 0.29) is 0 Å². The SMILES string of the molecule is Sc1cc(C(c2ccccc2)(c2ccccc2)c2cc(S)c(S)c(S)c2)cc(S)c1S. The maximum absolute atomic E-state index is 4.70. The maximum Gasteiger partial charge on any atom is 0.0703 e. The van der Waals surface area contributed by atoms with Gasteiger partial charge < -0.3 is 0 Å². The molecule has 0 nitrogen and oxygen atoms in total. The molecular weight excluding hydrogens is 493 g/mol. The zero-order valence-electron chi connectivity index (χ0n) is 16.3. The Morgan fingerprint density at radius 1 is 0.387 bits per heavy atom. The second-order valence-corrected chi connectivity index (χ2v) is 10.0. The Kier molecular flexibility index (Phi) is 7.06. The molecule has 0 amide bonds. The molecule has 0 heterocycles. The molecule has 0 aliphatic carbocycles. The average Bonchev–Trinajstić information content (AvgIpc) is 2.77. The quantitative estimate of drug-likeness (QED) is 0.117. The fourth-order valence-corrected chi connectivity index (χ4v) is 5.49. The van der Waals surface area contributed by atoms with Crippen LogP contribution in [-0.2, 0) is 5.41 Å². The van der Waals surface area contributed by atoms with E-state index in [1.165, 1.54) is 0 Å². The molecule has 0 bridgehead atoms. The van der Waals surface area contributed by atoms with Crippen LogP contribution in [0.25, 0.3) is 0 Å². The van der Waals surface area contributed by atoms with Crippen LogP contribution in [0, 0.1) is 0 Å². The summed E-state index contributed by atoms with van der Waals surface area (Å²) in [5, 5.41) is 0. The van der Waals surface area contributed by atoms with Crippen molar-refractivity contribution in [3.05, 3.63) is 107 Å². The Morgan fingerprint density at radius 3 is 0.968 bits per heavy atom. The summed E-state index contributed by atoms with van der Waals surface area (Å²) >= 11 is 27.9. The molecule has 0 N–H and O–H groups in total. The summed E-state index contributed by atoms with van der Waals surface area (Å²) in [6, 6.07) is 29.1. The Balaban J connectivity index is 2.21. The second kappa shape index (κ2) is 9.46. The summed E-state index contributed by atoms with van der Waals surface area (Å²) in [6.07, 6.45) is 0. The van der Waals surface area contributed by atoms with Gasteiger partial charge in [0.15, 0.2) is 0 Å². The molecule has 0 radical (unpaired) electrons. The summed E-state index contributed by atoms with van der Waals surface area (Å²) in [7, 11) is 0. The van der Waals surface area contributed by atoms with Crippen LogP contribution in [0.3, 0.4) is 0 Å². The van der Waals surface area contributed by atoms with E-state index in [1.807, 2.05) is 12.1 Å². The first-order valence-corrected chi connectivity index (χ1v) is 12.2. The van der Waals surface area contributed by atoms with Crippen molar-refractivity contribution in [1.82, 2.24) is 0 Å². The Hall–Kier alpha value is -1.02. The highest BCUT2D eigenvalue weighted by Crippen LogP contribution is 2.48. The van der Waals surface area contributed by atoms with Crippen LogP contribution in [0.15, 0.2) is 114 Å². The molecule has 6 heteroatoms. The number of thiol groups is 6. The minimum Gasteiger partial charge on any atom is -0.142 e. The molecule has 0 fully saturated rings. The van der Waals surface area contributed by atoms with Gasteiger partial charge in [-0.05, 0) is 46.5 Å². The van der Waals surface area contributed by atoms with Gasteiger partial charge in [0.1, 0.15) is 0 Å². The molecule has 31 heavy (non-hydrogen) atoms. The van der Waals surface area contributed by atoms with Gasteiger partial charge in [0.2, 0.25) is 0 Å².